The number of hydrogen-bond donors (Lipinski definition) is 3. The molecule has 3 aromatic rings. The molecule has 0 amide bonds. The third kappa shape index (κ3) is 5.68. The van der Waals surface area contributed by atoms with E-state index in [1.165, 1.54) is 24.3 Å². The molecular weight excluding hydrogens is 458 g/mol. The van der Waals surface area contributed by atoms with Gasteiger partial charge in [-0.3, -0.25) is 0 Å². The van der Waals surface area contributed by atoms with Gasteiger partial charge < -0.3 is 15.4 Å². The molecule has 1 radical (unpaired) electrons. The third-order valence-electron chi connectivity index (χ3n) is 4.16. The predicted molar refractivity (Wildman–Crippen MR) is 99.6 cm³/mol. The van der Waals surface area contributed by atoms with E-state index in [9.17, 15) is 13.2 Å². The minimum atomic E-state index is -4.73. The zero-order valence-electron chi connectivity index (χ0n) is 14.9. The van der Waals surface area contributed by atoms with Crippen LogP contribution in [0.5, 0.6) is 5.75 Å². The van der Waals surface area contributed by atoms with Gasteiger partial charge in [-0.25, -0.2) is 14.6 Å². The van der Waals surface area contributed by atoms with E-state index in [0.29, 0.717) is 17.3 Å². The second kappa shape index (κ2) is 9.24. The summed E-state index contributed by atoms with van der Waals surface area (Å²) in [7, 11) is 0. The van der Waals surface area contributed by atoms with Crippen LogP contribution in [0.25, 0.3) is 11.3 Å². The summed E-state index contributed by atoms with van der Waals surface area (Å²) < 4.78 is 49.7. The summed E-state index contributed by atoms with van der Waals surface area (Å²) in [5.74, 6) is 0.565. The van der Waals surface area contributed by atoms with Crippen LogP contribution >= 0.6 is 0 Å². The van der Waals surface area contributed by atoms with E-state index >= 15 is 0 Å². The van der Waals surface area contributed by atoms with Gasteiger partial charge in [0.25, 0.3) is 0 Å². The number of nitrogens with two attached hydrogens (primary N) is 1. The Labute approximate surface area is 171 Å². The molecule has 0 spiro atoms. The molecule has 4 N–H and O–H groups in total. The number of fused-ring (bicyclic) bond motifs is 1. The molecule has 2 heterocycles. The van der Waals surface area contributed by atoms with Crippen molar-refractivity contribution < 1.29 is 22.5 Å². The number of rotatable bonds is 5. The van der Waals surface area contributed by atoms with Gasteiger partial charge in [0.2, 0.25) is 11.3 Å². The van der Waals surface area contributed by atoms with Gasteiger partial charge >= 0.3 is 27.3 Å². The SMILES string of the molecule is FC(F)(F)Oc1ccc(Nc2nc3nonc3nc2NC2CCCC2)cc1.N[Se]. The van der Waals surface area contributed by atoms with Crippen molar-refractivity contribution in [1.29, 1.82) is 0 Å². The van der Waals surface area contributed by atoms with Gasteiger partial charge in [-0.15, -0.1) is 13.2 Å². The number of halogens is 3. The Morgan fingerprint density at radius 1 is 1.00 bits per heavy atom. The summed E-state index contributed by atoms with van der Waals surface area (Å²) in [6.07, 6.45) is -0.395. The fourth-order valence-corrected chi connectivity index (χ4v) is 2.97. The van der Waals surface area contributed by atoms with Crippen molar-refractivity contribution in [2.45, 2.75) is 38.1 Å². The van der Waals surface area contributed by atoms with Gasteiger partial charge in [0.15, 0.2) is 11.6 Å². The third-order valence-corrected chi connectivity index (χ3v) is 4.16. The number of nitrogens with zero attached hydrogens (tertiary/aromatic N) is 4. The standard InChI is InChI=1S/C16H15F3N6O2.H2NSe/c17-16(18,19)26-11-7-5-10(6-8-11)21-13-12(20-9-3-1-2-4-9)22-14-15(23-13)25-27-24-14;1-2/h5-9H,1-4H2,(H,20,22,24)(H,21,23,25);1H2. The van der Waals surface area contributed by atoms with Crippen LogP contribution in [0.3, 0.4) is 0 Å². The van der Waals surface area contributed by atoms with Gasteiger partial charge in [-0.05, 0) is 47.4 Å². The van der Waals surface area contributed by atoms with Crippen molar-refractivity contribution in [3.63, 3.8) is 0 Å². The van der Waals surface area contributed by atoms with E-state index in [1.54, 1.807) is 0 Å². The van der Waals surface area contributed by atoms with Crippen LogP contribution in [0.1, 0.15) is 25.7 Å². The molecule has 155 valence electrons. The molecule has 4 rings (SSSR count). The van der Waals surface area contributed by atoms with Crippen LogP contribution in [0.2, 0.25) is 0 Å². The normalized spacial score (nSPS) is 14.4. The Kier molecular flexibility index (Phi) is 6.72. The second-order valence-corrected chi connectivity index (χ2v) is 6.16. The van der Waals surface area contributed by atoms with Crippen LogP contribution in [-0.2, 0) is 0 Å². The number of nitrogens with one attached hydrogen (secondary N) is 2. The maximum absolute atomic E-state index is 12.3. The molecule has 2 aromatic heterocycles. The van der Waals surface area contributed by atoms with Crippen LogP contribution in [0.15, 0.2) is 28.9 Å². The molecule has 0 aliphatic heterocycles. The van der Waals surface area contributed by atoms with Crippen LogP contribution in [0.4, 0.5) is 30.5 Å². The zero-order chi connectivity index (χ0) is 20.9. The molecule has 0 atom stereocenters. The number of benzene rings is 1. The van der Waals surface area contributed by atoms with E-state index in [2.05, 4.69) is 61.3 Å². The van der Waals surface area contributed by atoms with Crippen molar-refractivity contribution in [3.05, 3.63) is 24.3 Å². The summed E-state index contributed by atoms with van der Waals surface area (Å²) in [5, 5.41) is 13.7. The molecule has 29 heavy (non-hydrogen) atoms. The minimum absolute atomic E-state index is 0.228. The van der Waals surface area contributed by atoms with Crippen molar-refractivity contribution in [3.8, 4) is 5.75 Å². The second-order valence-electron chi connectivity index (χ2n) is 6.16. The van der Waals surface area contributed by atoms with Gasteiger partial charge in [-0.1, -0.05) is 12.8 Å². The van der Waals surface area contributed by atoms with Crippen molar-refractivity contribution in [1.82, 2.24) is 20.3 Å². The summed E-state index contributed by atoms with van der Waals surface area (Å²) >= 11 is 2.12. The average molecular weight is 475 g/mol. The molecule has 1 aliphatic rings. The Morgan fingerprint density at radius 2 is 1.59 bits per heavy atom. The quantitative estimate of drug-likeness (QED) is 0.478. The van der Waals surface area contributed by atoms with Gasteiger partial charge in [0.1, 0.15) is 5.75 Å². The Morgan fingerprint density at radius 3 is 2.17 bits per heavy atom. The summed E-state index contributed by atoms with van der Waals surface area (Å²) in [5.41, 5.74) is 1.02. The maximum atomic E-state index is 12.3. The molecule has 0 saturated heterocycles. The van der Waals surface area contributed by atoms with Crippen LogP contribution in [0, 0.1) is 0 Å². The monoisotopic (exact) mass is 476 g/mol. The van der Waals surface area contributed by atoms with E-state index in [4.69, 9.17) is 0 Å². The number of aromatic nitrogens is 4. The van der Waals surface area contributed by atoms with Crippen molar-refractivity contribution in [2.75, 3.05) is 10.6 Å². The first-order valence-corrected chi connectivity index (χ1v) is 9.58. The molecule has 13 heteroatoms. The fourth-order valence-electron chi connectivity index (χ4n) is 2.97. The van der Waals surface area contributed by atoms with E-state index < -0.39 is 6.36 Å². The molecule has 0 unspecified atom stereocenters. The zero-order valence-corrected chi connectivity index (χ0v) is 16.7. The summed E-state index contributed by atoms with van der Waals surface area (Å²) in [6.45, 7) is 0. The molecule has 0 bridgehead atoms. The van der Waals surface area contributed by atoms with E-state index in [-0.39, 0.29) is 23.1 Å². The molecule has 1 aromatic carbocycles. The van der Waals surface area contributed by atoms with Crippen LogP contribution < -0.4 is 20.1 Å². The Bertz CT molecular complexity index is 930. The molecule has 9 nitrogen and oxygen atoms in total. The van der Waals surface area contributed by atoms with Gasteiger partial charge in [-0.2, -0.15) is 0 Å². The first-order valence-electron chi connectivity index (χ1n) is 8.59. The summed E-state index contributed by atoms with van der Waals surface area (Å²) in [6, 6.07) is 5.60. The number of ether oxygens (including phenoxy) is 1. The van der Waals surface area contributed by atoms with Crippen molar-refractivity contribution >= 4 is 44.8 Å². The first kappa shape index (κ1) is 21.1. The fraction of sp³-hybridized carbons (Fsp3) is 0.375. The van der Waals surface area contributed by atoms with Crippen molar-refractivity contribution in [2.24, 2.45) is 4.75 Å². The van der Waals surface area contributed by atoms with E-state index in [1.807, 2.05) is 0 Å². The molecule has 1 fully saturated rings. The number of hydrogen-bond acceptors (Lipinski definition) is 9. The molecule has 1 aliphatic carbocycles. The summed E-state index contributed by atoms with van der Waals surface area (Å²) in [4.78, 5) is 8.72. The first-order chi connectivity index (χ1) is 14.0. The predicted octanol–water partition coefficient (Wildman–Crippen LogP) is 3.04. The Hall–Kier alpha value is -2.63. The van der Waals surface area contributed by atoms with Gasteiger partial charge in [0, 0.05) is 11.7 Å². The number of anilines is 3. The molecule has 1 saturated carbocycles. The number of alkyl halides is 3. The topological polar surface area (TPSA) is 124 Å². The van der Waals surface area contributed by atoms with Gasteiger partial charge in [0.05, 0.1) is 0 Å². The van der Waals surface area contributed by atoms with E-state index in [0.717, 1.165) is 25.7 Å². The molecular formula is C16H17F3N7O2Se. The Balaban J connectivity index is 0.00000117. The van der Waals surface area contributed by atoms with Crippen LogP contribution in [-0.4, -0.2) is 48.9 Å². The average Bonchev–Trinajstić information content (AvgIpc) is 3.36.